The summed E-state index contributed by atoms with van der Waals surface area (Å²) in [6, 6.07) is 31.9. The van der Waals surface area contributed by atoms with Crippen molar-refractivity contribution in [2.24, 2.45) is 5.73 Å². The van der Waals surface area contributed by atoms with Crippen molar-refractivity contribution in [3.8, 4) is 0 Å². The van der Waals surface area contributed by atoms with Gasteiger partial charge in [0.15, 0.2) is 0 Å². The van der Waals surface area contributed by atoms with Gasteiger partial charge in [-0.15, -0.1) is 0 Å². The Morgan fingerprint density at radius 3 is 1.54 bits per heavy atom. The SMILES string of the molecule is NC1(c2cn(C(c3ccccc3)(c3ccccc3)c3ccccc3)cn2)CC1. The first-order valence-electron chi connectivity index (χ1n) is 9.74. The summed E-state index contributed by atoms with van der Waals surface area (Å²) in [5, 5.41) is 0. The maximum absolute atomic E-state index is 6.46. The van der Waals surface area contributed by atoms with E-state index in [1.54, 1.807) is 0 Å². The van der Waals surface area contributed by atoms with E-state index < -0.39 is 5.54 Å². The van der Waals surface area contributed by atoms with Crippen molar-refractivity contribution in [1.29, 1.82) is 0 Å². The van der Waals surface area contributed by atoms with E-state index in [0.717, 1.165) is 18.5 Å². The fraction of sp³-hybridized carbons (Fsp3) is 0.160. The zero-order chi connectivity index (χ0) is 19.0. The van der Waals surface area contributed by atoms with Crippen LogP contribution in [0.2, 0.25) is 0 Å². The number of imidazole rings is 1. The minimum Gasteiger partial charge on any atom is -0.320 e. The highest BCUT2D eigenvalue weighted by Crippen LogP contribution is 2.45. The number of nitrogens with two attached hydrogens (primary N) is 1. The van der Waals surface area contributed by atoms with Crippen molar-refractivity contribution >= 4 is 0 Å². The van der Waals surface area contributed by atoms with Crippen molar-refractivity contribution in [1.82, 2.24) is 9.55 Å². The highest BCUT2D eigenvalue weighted by Gasteiger charge is 2.44. The van der Waals surface area contributed by atoms with Crippen LogP contribution in [0.3, 0.4) is 0 Å². The lowest BCUT2D eigenvalue weighted by atomic mass is 9.77. The Hall–Kier alpha value is -3.17. The third kappa shape index (κ3) is 2.59. The average molecular weight is 365 g/mol. The van der Waals surface area contributed by atoms with Crippen molar-refractivity contribution < 1.29 is 0 Å². The molecule has 0 unspecified atom stereocenters. The lowest BCUT2D eigenvalue weighted by Gasteiger charge is -2.37. The molecule has 3 nitrogen and oxygen atoms in total. The summed E-state index contributed by atoms with van der Waals surface area (Å²) < 4.78 is 2.23. The van der Waals surface area contributed by atoms with Crippen LogP contribution in [-0.2, 0) is 11.1 Å². The number of hydrogen-bond acceptors (Lipinski definition) is 2. The van der Waals surface area contributed by atoms with Crippen molar-refractivity contribution in [3.05, 3.63) is 126 Å². The highest BCUT2D eigenvalue weighted by atomic mass is 15.1. The number of aromatic nitrogens is 2. The van der Waals surface area contributed by atoms with E-state index in [9.17, 15) is 0 Å². The van der Waals surface area contributed by atoms with Crippen molar-refractivity contribution in [2.45, 2.75) is 23.9 Å². The third-order valence-electron chi connectivity index (χ3n) is 5.84. The Morgan fingerprint density at radius 1 is 0.714 bits per heavy atom. The summed E-state index contributed by atoms with van der Waals surface area (Å²) in [7, 11) is 0. The normalized spacial score (nSPS) is 15.3. The minimum atomic E-state index is -0.514. The topological polar surface area (TPSA) is 43.8 Å². The predicted molar refractivity (Wildman–Crippen MR) is 112 cm³/mol. The van der Waals surface area contributed by atoms with Gasteiger partial charge in [0.1, 0.15) is 5.54 Å². The van der Waals surface area contributed by atoms with Crippen LogP contribution in [0.4, 0.5) is 0 Å². The molecular formula is C25H23N3. The molecule has 28 heavy (non-hydrogen) atoms. The average Bonchev–Trinajstić information content (AvgIpc) is 3.31. The lowest BCUT2D eigenvalue weighted by Crippen LogP contribution is -2.37. The number of rotatable bonds is 5. The molecule has 1 saturated carbocycles. The largest absolute Gasteiger partial charge is 0.320 e. The van der Waals surface area contributed by atoms with Crippen LogP contribution in [0.1, 0.15) is 35.2 Å². The van der Waals surface area contributed by atoms with E-state index >= 15 is 0 Å². The Morgan fingerprint density at radius 2 is 1.14 bits per heavy atom. The van der Waals surface area contributed by atoms with Gasteiger partial charge in [0, 0.05) is 6.20 Å². The van der Waals surface area contributed by atoms with E-state index in [-0.39, 0.29) is 5.54 Å². The van der Waals surface area contributed by atoms with E-state index in [4.69, 9.17) is 10.7 Å². The van der Waals surface area contributed by atoms with E-state index in [2.05, 4.69) is 102 Å². The first-order valence-corrected chi connectivity index (χ1v) is 9.74. The zero-order valence-electron chi connectivity index (χ0n) is 15.7. The second kappa shape index (κ2) is 6.47. The summed E-state index contributed by atoms with van der Waals surface area (Å²) in [4.78, 5) is 4.73. The summed E-state index contributed by atoms with van der Waals surface area (Å²) in [6.07, 6.45) is 6.08. The van der Waals surface area contributed by atoms with Gasteiger partial charge >= 0.3 is 0 Å². The smallest absolute Gasteiger partial charge is 0.121 e. The lowest BCUT2D eigenvalue weighted by molar-refractivity contribution is 0.513. The maximum Gasteiger partial charge on any atom is 0.121 e. The van der Waals surface area contributed by atoms with E-state index in [0.29, 0.717) is 0 Å². The molecule has 1 fully saturated rings. The minimum absolute atomic E-state index is 0.263. The van der Waals surface area contributed by atoms with Gasteiger partial charge in [0.25, 0.3) is 0 Å². The summed E-state index contributed by atoms with van der Waals surface area (Å²) >= 11 is 0. The van der Waals surface area contributed by atoms with Crippen LogP contribution in [0.25, 0.3) is 0 Å². The fourth-order valence-electron chi connectivity index (χ4n) is 4.14. The maximum atomic E-state index is 6.46. The molecule has 4 aromatic rings. The van der Waals surface area contributed by atoms with Gasteiger partial charge < -0.3 is 10.3 Å². The molecule has 1 aromatic heterocycles. The molecule has 3 aromatic carbocycles. The Balaban J connectivity index is 1.84. The molecule has 0 spiro atoms. The monoisotopic (exact) mass is 365 g/mol. The molecule has 1 aliphatic rings. The molecule has 0 aliphatic heterocycles. The number of hydrogen-bond donors (Lipinski definition) is 1. The molecule has 1 aliphatic carbocycles. The second-order valence-electron chi connectivity index (χ2n) is 7.63. The van der Waals surface area contributed by atoms with Gasteiger partial charge in [-0.25, -0.2) is 4.98 Å². The molecule has 0 atom stereocenters. The van der Waals surface area contributed by atoms with Gasteiger partial charge in [-0.3, -0.25) is 0 Å². The van der Waals surface area contributed by atoms with Crippen LogP contribution >= 0.6 is 0 Å². The van der Waals surface area contributed by atoms with Crippen molar-refractivity contribution in [2.75, 3.05) is 0 Å². The van der Waals surface area contributed by atoms with Crippen LogP contribution in [-0.4, -0.2) is 9.55 Å². The molecule has 138 valence electrons. The van der Waals surface area contributed by atoms with Gasteiger partial charge in [-0.05, 0) is 29.5 Å². The molecule has 0 bridgehead atoms. The number of benzene rings is 3. The molecule has 1 heterocycles. The first kappa shape index (κ1) is 17.0. The van der Waals surface area contributed by atoms with E-state index in [1.165, 1.54) is 16.7 Å². The zero-order valence-corrected chi connectivity index (χ0v) is 15.7. The summed E-state index contributed by atoms with van der Waals surface area (Å²) in [5.41, 5.74) is 10.2. The van der Waals surface area contributed by atoms with Crippen LogP contribution in [0.15, 0.2) is 104 Å². The number of nitrogens with zero attached hydrogens (tertiary/aromatic N) is 2. The standard InChI is InChI=1S/C25H23N3/c26-24(16-17-24)23-18-28(19-27-23)25(20-10-4-1-5-11-20,21-12-6-2-7-13-21)22-14-8-3-9-15-22/h1-15,18-19H,16-17,26H2. The fourth-order valence-corrected chi connectivity index (χ4v) is 4.14. The first-order chi connectivity index (χ1) is 13.7. The Kier molecular flexibility index (Phi) is 3.92. The Bertz CT molecular complexity index is 968. The van der Waals surface area contributed by atoms with Gasteiger partial charge in [0.2, 0.25) is 0 Å². The third-order valence-corrected chi connectivity index (χ3v) is 5.84. The summed E-state index contributed by atoms with van der Waals surface area (Å²) in [6.45, 7) is 0. The molecular weight excluding hydrogens is 342 g/mol. The molecule has 0 saturated heterocycles. The van der Waals surface area contributed by atoms with Gasteiger partial charge in [0.05, 0.1) is 17.6 Å². The van der Waals surface area contributed by atoms with Gasteiger partial charge in [-0.1, -0.05) is 91.0 Å². The molecule has 2 N–H and O–H groups in total. The Labute approximate surface area is 165 Å². The van der Waals surface area contributed by atoms with E-state index in [1.807, 2.05) is 6.33 Å². The van der Waals surface area contributed by atoms with Crippen LogP contribution < -0.4 is 5.73 Å². The van der Waals surface area contributed by atoms with Crippen LogP contribution in [0, 0.1) is 0 Å². The second-order valence-corrected chi connectivity index (χ2v) is 7.63. The molecule has 0 amide bonds. The quantitative estimate of drug-likeness (QED) is 0.522. The van der Waals surface area contributed by atoms with Gasteiger partial charge in [-0.2, -0.15) is 0 Å². The molecule has 3 heteroatoms. The summed E-state index contributed by atoms with van der Waals surface area (Å²) in [5.74, 6) is 0. The molecule has 5 rings (SSSR count). The molecule has 0 radical (unpaired) electrons. The van der Waals surface area contributed by atoms with Crippen LogP contribution in [0.5, 0.6) is 0 Å². The highest BCUT2D eigenvalue weighted by molar-refractivity contribution is 5.50. The van der Waals surface area contributed by atoms with Crippen molar-refractivity contribution in [3.63, 3.8) is 0 Å². The predicted octanol–water partition coefficient (Wildman–Crippen LogP) is 4.67.